The third-order valence-electron chi connectivity index (χ3n) is 26.5. The zero-order valence-electron chi connectivity index (χ0n) is 71.2. The van der Waals surface area contributed by atoms with E-state index in [1.54, 1.807) is 20.7 Å². The lowest BCUT2D eigenvalue weighted by molar-refractivity contribution is 0.614. The van der Waals surface area contributed by atoms with E-state index in [0.29, 0.717) is 0 Å². The Morgan fingerprint density at radius 1 is 0.177 bits per heavy atom. The van der Waals surface area contributed by atoms with Crippen LogP contribution >= 0.6 is 0 Å². The maximum atomic E-state index is 3.08. The first-order valence-electron chi connectivity index (χ1n) is 46.4. The molecule has 0 amide bonds. The van der Waals surface area contributed by atoms with Gasteiger partial charge in [0.2, 0.25) is 0 Å². The zero-order chi connectivity index (χ0) is 78.2. The van der Waals surface area contributed by atoms with E-state index < -0.39 is 24.5 Å². The van der Waals surface area contributed by atoms with Gasteiger partial charge in [0.25, 0.3) is 0 Å². The van der Waals surface area contributed by atoms with Crippen molar-refractivity contribution in [2.24, 2.45) is 0 Å². The maximum absolute atomic E-state index is 3.08. The molecule has 2 nitrogen and oxygen atoms in total. The molecular weight excluding hydrogens is 1410 g/mol. The average Bonchev–Trinajstić information content (AvgIpc) is 1.64. The highest BCUT2D eigenvalue weighted by Crippen LogP contribution is 2.42. The van der Waals surface area contributed by atoms with Crippen LogP contribution in [0.25, 0.3) is 88.1 Å². The summed E-state index contributed by atoms with van der Waals surface area (Å²) in [5.74, 6) is 0. The molecule has 0 bridgehead atoms. The molecule has 0 aliphatic carbocycles. The van der Waals surface area contributed by atoms with E-state index in [1.165, 1.54) is 356 Å². The summed E-state index contributed by atoms with van der Waals surface area (Å²) in [5.41, 5.74) is 16.0. The van der Waals surface area contributed by atoms with Crippen molar-refractivity contribution in [1.82, 2.24) is 8.47 Å². The summed E-state index contributed by atoms with van der Waals surface area (Å²) in [6, 6.07) is 105. The van der Waals surface area contributed by atoms with Gasteiger partial charge in [-0.2, -0.15) is 0 Å². The van der Waals surface area contributed by atoms with Crippen LogP contribution in [0.3, 0.4) is 0 Å². The number of unbranched alkanes of at least 4 members (excludes halogenated alkanes) is 30. The number of hydrogen-bond donors (Lipinski definition) is 0. The monoisotopic (exact) mass is 1550 g/mol. The molecule has 0 fully saturated rings. The first kappa shape index (κ1) is 84.8. The van der Waals surface area contributed by atoms with Gasteiger partial charge >= 0.3 is 0 Å². The van der Waals surface area contributed by atoms with Crippen LogP contribution in [0.5, 0.6) is 0 Å². The Morgan fingerprint density at radius 2 is 0.398 bits per heavy atom. The molecule has 0 spiro atoms. The molecule has 113 heavy (non-hydrogen) atoms. The van der Waals surface area contributed by atoms with E-state index in [9.17, 15) is 0 Å². The van der Waals surface area contributed by atoms with Crippen LogP contribution in [0, 0.1) is 0 Å². The Labute approximate surface area is 688 Å². The van der Waals surface area contributed by atoms with Crippen molar-refractivity contribution in [1.29, 1.82) is 0 Å². The molecule has 12 aromatic rings. The Morgan fingerprint density at radius 3 is 0.699 bits per heavy atom. The van der Waals surface area contributed by atoms with Crippen molar-refractivity contribution >= 4 is 88.9 Å². The van der Waals surface area contributed by atoms with Crippen molar-refractivity contribution in [3.05, 3.63) is 243 Å². The Hall–Kier alpha value is -7.55. The largest absolute Gasteiger partial charge is 0.363 e. The molecule has 0 saturated heterocycles. The van der Waals surface area contributed by atoms with Gasteiger partial charge in [-0.3, -0.25) is 0 Å². The van der Waals surface area contributed by atoms with E-state index in [2.05, 4.69) is 293 Å². The van der Waals surface area contributed by atoms with E-state index in [0.717, 1.165) is 0 Å². The minimum atomic E-state index is -2.59. The number of hydrogen-bond acceptors (Lipinski definition) is 0. The van der Waals surface area contributed by atoms with Crippen LogP contribution in [0.1, 0.15) is 273 Å². The highest BCUT2D eigenvalue weighted by molar-refractivity contribution is 7.02. The highest BCUT2D eigenvalue weighted by atomic mass is 28.3. The lowest BCUT2D eigenvalue weighted by atomic mass is 9.99. The van der Waals surface area contributed by atoms with Gasteiger partial charge in [0.15, 0.2) is 16.5 Å². The van der Waals surface area contributed by atoms with E-state index in [4.69, 9.17) is 0 Å². The second-order valence-corrected chi connectivity index (χ2v) is 47.0. The van der Waals surface area contributed by atoms with E-state index >= 15 is 0 Å². The van der Waals surface area contributed by atoms with Gasteiger partial charge in [-0.15, -0.1) is 0 Å². The van der Waals surface area contributed by atoms with Gasteiger partial charge in [0.05, 0.1) is 0 Å². The second-order valence-electron chi connectivity index (χ2n) is 34.5. The number of fused-ring (bicyclic) bond motifs is 6. The summed E-state index contributed by atoms with van der Waals surface area (Å²) in [6.45, 7) is 14.3. The van der Waals surface area contributed by atoms with Crippen molar-refractivity contribution in [2.75, 3.05) is 0 Å². The summed E-state index contributed by atoms with van der Waals surface area (Å²) < 4.78 is 6.16. The topological polar surface area (TPSA) is 9.86 Å². The van der Waals surface area contributed by atoms with Gasteiger partial charge in [-0.05, 0) is 128 Å². The molecule has 596 valence electrons. The van der Waals surface area contributed by atoms with E-state index in [-0.39, 0.29) is 0 Å². The van der Waals surface area contributed by atoms with Gasteiger partial charge in [0, 0.05) is 43.6 Å². The molecule has 5 heteroatoms. The number of aromatic nitrogens is 2. The van der Waals surface area contributed by atoms with Crippen LogP contribution in [0.15, 0.2) is 243 Å². The molecule has 0 N–H and O–H groups in total. The molecule has 0 aliphatic heterocycles. The van der Waals surface area contributed by atoms with Crippen LogP contribution in [0.2, 0.25) is 36.3 Å². The molecule has 2 aromatic heterocycles. The normalized spacial score (nSPS) is 12.2. The molecule has 2 heterocycles. The zero-order valence-corrected chi connectivity index (χ0v) is 74.2. The fourth-order valence-electron chi connectivity index (χ4n) is 20.0. The van der Waals surface area contributed by atoms with Crippen LogP contribution < -0.4 is 20.7 Å². The van der Waals surface area contributed by atoms with Gasteiger partial charge in [-0.25, -0.2) is 0 Å². The van der Waals surface area contributed by atoms with Gasteiger partial charge in [0.1, 0.15) is 8.07 Å². The Balaban J connectivity index is 1.01. The number of rotatable bonds is 52. The van der Waals surface area contributed by atoms with Crippen LogP contribution in [0.4, 0.5) is 0 Å². The fourth-order valence-corrected chi connectivity index (χ4v) is 35.7. The molecule has 0 radical (unpaired) electrons. The van der Waals surface area contributed by atoms with Crippen LogP contribution in [-0.4, -0.2) is 33.0 Å². The average molecular weight is 1550 g/mol. The van der Waals surface area contributed by atoms with Crippen molar-refractivity contribution in [3.63, 3.8) is 0 Å². The van der Waals surface area contributed by atoms with Crippen molar-refractivity contribution in [2.45, 2.75) is 309 Å². The SMILES string of the molecule is CCCCCCCC[Si](CCCCCCCC)(c1ccc([Si](CCCCCCCC)(CCCCCCCC)n2c3ccccc3c3cc(-c4ccc(-c5ccccc5)cc4)ccc32)cc1)c1ccc([Si](CCCCCCCC)(CCCCCCCC)n2c3ccccc3c3cc(-c4ccc(-c5ccccc5)cc4)ccc32)cc1. The molecule has 0 unspecified atom stereocenters. The first-order valence-corrected chi connectivity index (χ1v) is 53.6. The van der Waals surface area contributed by atoms with E-state index in [1.807, 2.05) is 0 Å². The summed E-state index contributed by atoms with van der Waals surface area (Å²) in [5, 5.41) is 12.4. The predicted octanol–water partition coefficient (Wildman–Crippen LogP) is 31.7. The lowest BCUT2D eigenvalue weighted by Gasteiger charge is -2.38. The number of para-hydroxylation sites is 2. The smallest absolute Gasteiger partial charge is 0.193 e. The molecule has 10 aromatic carbocycles. The summed E-state index contributed by atoms with van der Waals surface area (Å²) >= 11 is 0. The molecular formula is C108H142N2Si3. The fraction of sp³-hybridized carbons (Fsp3) is 0.444. The summed E-state index contributed by atoms with van der Waals surface area (Å²) in [4.78, 5) is 0. The Kier molecular flexibility index (Phi) is 33.4. The van der Waals surface area contributed by atoms with Crippen molar-refractivity contribution in [3.8, 4) is 44.5 Å². The number of benzene rings is 10. The third-order valence-corrected chi connectivity index (χ3v) is 42.0. The second kappa shape index (κ2) is 44.5. The third kappa shape index (κ3) is 21.4. The number of nitrogens with zero attached hydrogens (tertiary/aromatic N) is 2. The summed E-state index contributed by atoms with van der Waals surface area (Å²) in [7, 11) is -7.62. The summed E-state index contributed by atoms with van der Waals surface area (Å²) in [6.07, 6.45) is 47.7. The molecule has 0 atom stereocenters. The van der Waals surface area contributed by atoms with Gasteiger partial charge in [-0.1, -0.05) is 489 Å². The molecule has 12 rings (SSSR count). The standard InChI is InChI=1S/C108H142N2Si3/c1-7-13-19-25-31-47-81-111(82-48-32-26-20-14-8-2,97-71-75-99(76-72-97)112(83-49-33-27-21-15-9-3,84-50-34-28-22-16-10-4)109-105-59-45-43-57-101(105)103-87-95(69-79-107(103)109)93-65-61-91(62-66-93)89-53-39-37-40-54-89)98-73-77-100(78-74-98)113(85-51-35-29-23-17-11-5,86-52-36-30-24-18-12-6)110-106-60-46-44-58-102(106)104-88-96(70-80-108(104)110)94-67-63-92(64-68-94)90-55-41-38-42-56-90/h37-46,53-80,87-88H,7-36,47-52,81-86H2,1-6H3. The molecule has 0 aliphatic rings. The Bertz CT molecular complexity index is 4380. The quantitative estimate of drug-likeness (QED) is 0.0266. The van der Waals surface area contributed by atoms with Gasteiger partial charge < -0.3 is 8.47 Å². The highest BCUT2D eigenvalue weighted by Gasteiger charge is 2.44. The predicted molar refractivity (Wildman–Crippen MR) is 509 cm³/mol. The maximum Gasteiger partial charge on any atom is 0.193 e. The van der Waals surface area contributed by atoms with Crippen LogP contribution in [-0.2, 0) is 0 Å². The first-order chi connectivity index (χ1) is 55.8. The molecule has 0 saturated carbocycles. The minimum Gasteiger partial charge on any atom is -0.363 e. The van der Waals surface area contributed by atoms with Crippen molar-refractivity contribution < 1.29 is 0 Å². The minimum absolute atomic E-state index is 1.27. The lowest BCUT2D eigenvalue weighted by Crippen LogP contribution is -2.60.